The molecule has 0 bridgehead atoms. The zero-order valence-electron chi connectivity index (χ0n) is 19.9. The molecular formula is C28H29ClN4O2. The fourth-order valence-electron chi connectivity index (χ4n) is 4.15. The number of carbonyl (C=O) groups is 2. The maximum Gasteiger partial charge on any atom is 0.272 e. The molecule has 1 unspecified atom stereocenters. The van der Waals surface area contributed by atoms with Gasteiger partial charge in [-0.05, 0) is 54.3 Å². The molecule has 0 fully saturated rings. The van der Waals surface area contributed by atoms with Crippen LogP contribution in [0.1, 0.15) is 47.9 Å². The van der Waals surface area contributed by atoms with Crippen LogP contribution in [0.2, 0.25) is 5.02 Å². The van der Waals surface area contributed by atoms with E-state index in [-0.39, 0.29) is 24.2 Å². The second-order valence-corrected chi connectivity index (χ2v) is 9.49. The van der Waals surface area contributed by atoms with Gasteiger partial charge in [0.25, 0.3) is 5.91 Å². The SMILES string of the molecule is CC(C)CC(CNC(=O)Cc1cn2c(C(=O)Nc3ccccc3)cccc2n1)c1ccc(Cl)cc1. The van der Waals surface area contributed by atoms with Crippen molar-refractivity contribution in [1.82, 2.24) is 14.7 Å². The first-order chi connectivity index (χ1) is 16.9. The standard InChI is InChI=1S/C28H29ClN4O2/c1-19(2)15-21(20-11-13-22(29)14-12-20)17-30-27(34)16-24-18-33-25(9-6-10-26(33)31-24)28(35)32-23-7-4-3-5-8-23/h3-14,18-19,21H,15-17H2,1-2H3,(H,30,34)(H,32,35). The molecule has 0 aliphatic carbocycles. The molecule has 0 saturated heterocycles. The second kappa shape index (κ2) is 11.2. The third kappa shape index (κ3) is 6.49. The van der Waals surface area contributed by atoms with Crippen LogP contribution >= 0.6 is 11.6 Å². The molecule has 0 aliphatic rings. The zero-order valence-corrected chi connectivity index (χ0v) is 20.6. The number of hydrogen-bond donors (Lipinski definition) is 2. The Morgan fingerprint density at radius 2 is 1.71 bits per heavy atom. The van der Waals surface area contributed by atoms with Gasteiger partial charge in [0.2, 0.25) is 5.91 Å². The molecule has 180 valence electrons. The van der Waals surface area contributed by atoms with Gasteiger partial charge in [0, 0.05) is 29.4 Å². The highest BCUT2D eigenvalue weighted by molar-refractivity contribution is 6.30. The molecule has 4 aromatic rings. The monoisotopic (exact) mass is 488 g/mol. The molecule has 35 heavy (non-hydrogen) atoms. The van der Waals surface area contributed by atoms with Crippen LogP contribution in [0.5, 0.6) is 0 Å². The van der Waals surface area contributed by atoms with Gasteiger partial charge in [-0.2, -0.15) is 0 Å². The highest BCUT2D eigenvalue weighted by Crippen LogP contribution is 2.24. The fourth-order valence-corrected chi connectivity index (χ4v) is 4.28. The number of benzene rings is 2. The quantitative estimate of drug-likeness (QED) is 0.316. The lowest BCUT2D eigenvalue weighted by atomic mass is 9.90. The van der Waals surface area contributed by atoms with Crippen molar-refractivity contribution in [2.75, 3.05) is 11.9 Å². The number of pyridine rings is 1. The first kappa shape index (κ1) is 24.5. The van der Waals surface area contributed by atoms with Gasteiger partial charge in [0.05, 0.1) is 12.1 Å². The minimum atomic E-state index is -0.241. The molecule has 2 aromatic heterocycles. The first-order valence-corrected chi connectivity index (χ1v) is 12.1. The number of nitrogens with zero attached hydrogens (tertiary/aromatic N) is 2. The van der Waals surface area contributed by atoms with E-state index in [2.05, 4.69) is 29.5 Å². The van der Waals surface area contributed by atoms with E-state index in [9.17, 15) is 9.59 Å². The summed E-state index contributed by atoms with van der Waals surface area (Å²) in [6.45, 7) is 4.89. The lowest BCUT2D eigenvalue weighted by Gasteiger charge is -2.20. The predicted octanol–water partition coefficient (Wildman–Crippen LogP) is 5.73. The van der Waals surface area contributed by atoms with Gasteiger partial charge in [-0.15, -0.1) is 0 Å². The second-order valence-electron chi connectivity index (χ2n) is 9.05. The van der Waals surface area contributed by atoms with Crippen LogP contribution in [-0.2, 0) is 11.2 Å². The molecule has 6 nitrogen and oxygen atoms in total. The number of aromatic nitrogens is 2. The summed E-state index contributed by atoms with van der Waals surface area (Å²) in [5, 5.41) is 6.66. The van der Waals surface area contributed by atoms with Gasteiger partial charge in [-0.3, -0.25) is 14.0 Å². The van der Waals surface area contributed by atoms with Crippen molar-refractivity contribution < 1.29 is 9.59 Å². The van der Waals surface area contributed by atoms with Crippen molar-refractivity contribution in [2.24, 2.45) is 5.92 Å². The number of imidazole rings is 1. The van der Waals surface area contributed by atoms with Gasteiger partial charge in [0.15, 0.2) is 0 Å². The van der Waals surface area contributed by atoms with Crippen LogP contribution in [0.25, 0.3) is 5.65 Å². The van der Waals surface area contributed by atoms with Crippen molar-refractivity contribution in [3.8, 4) is 0 Å². The number of anilines is 1. The van der Waals surface area contributed by atoms with E-state index in [1.165, 1.54) is 0 Å². The summed E-state index contributed by atoms with van der Waals surface area (Å²) in [5.41, 5.74) is 3.54. The Balaban J connectivity index is 1.43. The smallest absolute Gasteiger partial charge is 0.272 e. The Morgan fingerprint density at radius 1 is 0.971 bits per heavy atom. The van der Waals surface area contributed by atoms with E-state index >= 15 is 0 Å². The van der Waals surface area contributed by atoms with E-state index in [0.717, 1.165) is 12.0 Å². The summed E-state index contributed by atoms with van der Waals surface area (Å²) in [6, 6.07) is 22.4. The zero-order chi connectivity index (χ0) is 24.8. The van der Waals surface area contributed by atoms with Gasteiger partial charge in [0.1, 0.15) is 11.3 Å². The van der Waals surface area contributed by atoms with Crippen molar-refractivity contribution in [2.45, 2.75) is 32.6 Å². The van der Waals surface area contributed by atoms with E-state index in [0.29, 0.717) is 40.2 Å². The Labute approximate surface area is 210 Å². The lowest BCUT2D eigenvalue weighted by Crippen LogP contribution is -2.30. The van der Waals surface area contributed by atoms with E-state index in [1.54, 1.807) is 22.7 Å². The van der Waals surface area contributed by atoms with E-state index in [1.807, 2.05) is 60.7 Å². The van der Waals surface area contributed by atoms with E-state index in [4.69, 9.17) is 11.6 Å². The topological polar surface area (TPSA) is 75.5 Å². The highest BCUT2D eigenvalue weighted by Gasteiger charge is 2.17. The number of nitrogens with one attached hydrogen (secondary N) is 2. The lowest BCUT2D eigenvalue weighted by molar-refractivity contribution is -0.120. The van der Waals surface area contributed by atoms with E-state index < -0.39 is 0 Å². The molecule has 0 aliphatic heterocycles. The van der Waals surface area contributed by atoms with Crippen LogP contribution < -0.4 is 10.6 Å². The average molecular weight is 489 g/mol. The maximum atomic E-state index is 12.8. The molecule has 0 spiro atoms. The van der Waals surface area contributed by atoms with Crippen molar-refractivity contribution in [3.05, 3.63) is 101 Å². The van der Waals surface area contributed by atoms with Gasteiger partial charge < -0.3 is 10.6 Å². The molecule has 4 rings (SSSR count). The highest BCUT2D eigenvalue weighted by atomic mass is 35.5. The number of amides is 2. The number of carbonyl (C=O) groups excluding carboxylic acids is 2. The minimum absolute atomic E-state index is 0.105. The third-order valence-electron chi connectivity index (χ3n) is 5.79. The molecule has 2 amide bonds. The normalized spacial score (nSPS) is 12.0. The van der Waals surface area contributed by atoms with Gasteiger partial charge in [-0.25, -0.2) is 4.98 Å². The number of halogens is 1. The molecule has 7 heteroatoms. The summed E-state index contributed by atoms with van der Waals surface area (Å²) in [4.78, 5) is 30.2. The Bertz CT molecular complexity index is 1300. The fraction of sp³-hybridized carbons (Fsp3) is 0.250. The number of para-hydroxylation sites is 1. The predicted molar refractivity (Wildman–Crippen MR) is 140 cm³/mol. The van der Waals surface area contributed by atoms with Crippen LogP contribution in [0.15, 0.2) is 79.0 Å². The van der Waals surface area contributed by atoms with Crippen molar-refractivity contribution in [1.29, 1.82) is 0 Å². The maximum absolute atomic E-state index is 12.8. The summed E-state index contributed by atoms with van der Waals surface area (Å²) >= 11 is 6.04. The first-order valence-electron chi connectivity index (χ1n) is 11.7. The summed E-state index contributed by atoms with van der Waals surface area (Å²) in [5.74, 6) is 0.346. The molecule has 2 heterocycles. The van der Waals surface area contributed by atoms with Crippen LogP contribution in [0.4, 0.5) is 5.69 Å². The molecular weight excluding hydrogens is 460 g/mol. The van der Waals surface area contributed by atoms with Gasteiger partial charge >= 0.3 is 0 Å². The average Bonchev–Trinajstić information content (AvgIpc) is 3.25. The third-order valence-corrected chi connectivity index (χ3v) is 6.04. The number of fused-ring (bicyclic) bond motifs is 1. The molecule has 2 aromatic carbocycles. The Kier molecular flexibility index (Phi) is 7.83. The summed E-state index contributed by atoms with van der Waals surface area (Å²) in [7, 11) is 0. The summed E-state index contributed by atoms with van der Waals surface area (Å²) < 4.78 is 1.72. The van der Waals surface area contributed by atoms with Crippen LogP contribution in [0, 0.1) is 5.92 Å². The van der Waals surface area contributed by atoms with Crippen LogP contribution in [-0.4, -0.2) is 27.7 Å². The minimum Gasteiger partial charge on any atom is -0.355 e. The molecule has 0 radical (unpaired) electrons. The molecule has 0 saturated carbocycles. The van der Waals surface area contributed by atoms with Crippen LogP contribution in [0.3, 0.4) is 0 Å². The molecule has 2 N–H and O–H groups in total. The van der Waals surface area contributed by atoms with Gasteiger partial charge in [-0.1, -0.05) is 61.8 Å². The van der Waals surface area contributed by atoms with Crippen molar-refractivity contribution in [3.63, 3.8) is 0 Å². The van der Waals surface area contributed by atoms with Crippen molar-refractivity contribution >= 4 is 34.7 Å². The Morgan fingerprint density at radius 3 is 2.43 bits per heavy atom. The summed E-state index contributed by atoms with van der Waals surface area (Å²) in [6.07, 6.45) is 2.84. The number of rotatable bonds is 9. The number of hydrogen-bond acceptors (Lipinski definition) is 3. The largest absolute Gasteiger partial charge is 0.355 e. The molecule has 1 atom stereocenters. The Hall–Kier alpha value is -3.64.